The first-order valence-corrected chi connectivity index (χ1v) is 7.34. The molecule has 0 heterocycles. The topological polar surface area (TPSA) is 85.3 Å². The average Bonchev–Trinajstić information content (AvgIpc) is 2.44. The molecule has 0 rings (SSSR count). The van der Waals surface area contributed by atoms with Crippen molar-refractivity contribution in [3.05, 3.63) is 0 Å². The van der Waals surface area contributed by atoms with Crippen molar-refractivity contribution in [2.24, 2.45) is 0 Å². The van der Waals surface area contributed by atoms with Crippen molar-refractivity contribution in [1.82, 2.24) is 4.90 Å². The van der Waals surface area contributed by atoms with E-state index in [1.54, 1.807) is 4.90 Å². The van der Waals surface area contributed by atoms with E-state index in [0.29, 0.717) is 19.8 Å². The van der Waals surface area contributed by atoms with E-state index >= 15 is 0 Å². The van der Waals surface area contributed by atoms with Gasteiger partial charge in [0.25, 0.3) is 0 Å². The van der Waals surface area contributed by atoms with Crippen LogP contribution in [0.4, 0.5) is 0 Å². The van der Waals surface area contributed by atoms with Gasteiger partial charge in [-0.1, -0.05) is 13.8 Å². The summed E-state index contributed by atoms with van der Waals surface area (Å²) in [6.45, 7) is 6.56. The van der Waals surface area contributed by atoms with Crippen LogP contribution in [-0.4, -0.2) is 74.6 Å². The molecule has 0 radical (unpaired) electrons. The molecule has 0 atom stereocenters. The second-order valence-corrected chi connectivity index (χ2v) is 4.49. The Kier molecular flexibility index (Phi) is 13.0. The highest BCUT2D eigenvalue weighted by Crippen LogP contribution is 1.96. The van der Waals surface area contributed by atoms with E-state index in [1.165, 1.54) is 0 Å². The Bertz CT molecular complexity index is 279. The van der Waals surface area contributed by atoms with Gasteiger partial charge in [0.2, 0.25) is 5.91 Å². The number of amides is 1. The van der Waals surface area contributed by atoms with E-state index in [-0.39, 0.29) is 25.7 Å². The SMILES string of the molecule is CCCN(CCC)C(=O)COCCOCCOCC(=O)O. The third kappa shape index (κ3) is 12.3. The maximum absolute atomic E-state index is 11.8. The van der Waals surface area contributed by atoms with Gasteiger partial charge in [0.1, 0.15) is 13.2 Å². The van der Waals surface area contributed by atoms with Gasteiger partial charge >= 0.3 is 5.97 Å². The van der Waals surface area contributed by atoms with E-state index in [4.69, 9.17) is 19.3 Å². The summed E-state index contributed by atoms with van der Waals surface area (Å²) in [5, 5.41) is 8.34. The largest absolute Gasteiger partial charge is 0.480 e. The molecule has 0 bridgehead atoms. The van der Waals surface area contributed by atoms with E-state index in [1.807, 2.05) is 13.8 Å². The van der Waals surface area contributed by atoms with E-state index < -0.39 is 5.97 Å². The zero-order valence-corrected chi connectivity index (χ0v) is 13.0. The van der Waals surface area contributed by atoms with Crippen LogP contribution in [0.3, 0.4) is 0 Å². The van der Waals surface area contributed by atoms with Gasteiger partial charge < -0.3 is 24.2 Å². The van der Waals surface area contributed by atoms with Crippen molar-refractivity contribution < 1.29 is 28.9 Å². The minimum Gasteiger partial charge on any atom is -0.480 e. The first-order chi connectivity index (χ1) is 10.1. The summed E-state index contributed by atoms with van der Waals surface area (Å²) in [4.78, 5) is 23.8. The quantitative estimate of drug-likeness (QED) is 0.477. The van der Waals surface area contributed by atoms with Gasteiger partial charge in [-0.25, -0.2) is 4.79 Å². The third-order valence-corrected chi connectivity index (χ3v) is 2.53. The Morgan fingerprint density at radius 1 is 0.857 bits per heavy atom. The number of carbonyl (C=O) groups excluding carboxylic acids is 1. The van der Waals surface area contributed by atoms with E-state index in [2.05, 4.69) is 0 Å². The second-order valence-electron chi connectivity index (χ2n) is 4.49. The minimum atomic E-state index is -0.999. The number of ether oxygens (including phenoxy) is 3. The number of aliphatic carboxylic acids is 1. The molecule has 124 valence electrons. The summed E-state index contributed by atoms with van der Waals surface area (Å²) >= 11 is 0. The molecular formula is C14H27NO6. The first-order valence-electron chi connectivity index (χ1n) is 7.34. The van der Waals surface area contributed by atoms with Gasteiger partial charge in [0.05, 0.1) is 26.4 Å². The second kappa shape index (κ2) is 13.8. The molecule has 0 saturated heterocycles. The zero-order chi connectivity index (χ0) is 15.9. The van der Waals surface area contributed by atoms with Gasteiger partial charge in [-0.15, -0.1) is 0 Å². The highest BCUT2D eigenvalue weighted by atomic mass is 16.5. The van der Waals surface area contributed by atoms with Gasteiger partial charge in [-0.3, -0.25) is 4.79 Å². The van der Waals surface area contributed by atoms with Crippen molar-refractivity contribution in [3.63, 3.8) is 0 Å². The van der Waals surface area contributed by atoms with Crippen LogP contribution < -0.4 is 0 Å². The molecule has 0 aliphatic heterocycles. The van der Waals surface area contributed by atoms with Crippen LogP contribution in [0, 0.1) is 0 Å². The maximum atomic E-state index is 11.8. The molecule has 0 unspecified atom stereocenters. The monoisotopic (exact) mass is 305 g/mol. The molecule has 1 N–H and O–H groups in total. The van der Waals surface area contributed by atoms with Crippen molar-refractivity contribution in [3.8, 4) is 0 Å². The number of nitrogens with zero attached hydrogens (tertiary/aromatic N) is 1. The summed E-state index contributed by atoms with van der Waals surface area (Å²) in [5.74, 6) is -0.996. The normalized spacial score (nSPS) is 10.6. The minimum absolute atomic E-state index is 0.00323. The molecule has 0 aliphatic carbocycles. The van der Waals surface area contributed by atoms with Crippen molar-refractivity contribution in [2.75, 3.05) is 52.7 Å². The van der Waals surface area contributed by atoms with Crippen LogP contribution in [-0.2, 0) is 23.8 Å². The fourth-order valence-electron chi connectivity index (χ4n) is 1.65. The summed E-state index contributed by atoms with van der Waals surface area (Å²) in [7, 11) is 0. The third-order valence-electron chi connectivity index (χ3n) is 2.53. The molecule has 0 spiro atoms. The number of carbonyl (C=O) groups is 2. The fourth-order valence-corrected chi connectivity index (χ4v) is 1.65. The summed E-state index contributed by atoms with van der Waals surface area (Å²) in [6.07, 6.45) is 1.87. The Morgan fingerprint density at radius 3 is 1.81 bits per heavy atom. The predicted octanol–water partition coefficient (Wildman–Crippen LogP) is 0.769. The molecule has 21 heavy (non-hydrogen) atoms. The Hall–Kier alpha value is -1.18. The Labute approximate surface area is 126 Å². The van der Waals surface area contributed by atoms with Crippen LogP contribution >= 0.6 is 0 Å². The molecular weight excluding hydrogens is 278 g/mol. The zero-order valence-electron chi connectivity index (χ0n) is 13.0. The highest BCUT2D eigenvalue weighted by molar-refractivity contribution is 5.77. The van der Waals surface area contributed by atoms with Crippen LogP contribution in [0.1, 0.15) is 26.7 Å². The van der Waals surface area contributed by atoms with Gasteiger partial charge in [-0.2, -0.15) is 0 Å². The average molecular weight is 305 g/mol. The standard InChI is InChI=1S/C14H27NO6/c1-3-5-15(6-4-2)13(16)11-20-9-7-19-8-10-21-12-14(17)18/h3-12H2,1-2H3,(H,17,18). The summed E-state index contributed by atoms with van der Waals surface area (Å²) in [6, 6.07) is 0. The van der Waals surface area contributed by atoms with Crippen LogP contribution in [0.15, 0.2) is 0 Å². The van der Waals surface area contributed by atoms with Crippen molar-refractivity contribution >= 4 is 11.9 Å². The number of carboxylic acids is 1. The van der Waals surface area contributed by atoms with E-state index in [9.17, 15) is 9.59 Å². The van der Waals surface area contributed by atoms with Crippen LogP contribution in [0.5, 0.6) is 0 Å². The number of carboxylic acid groups (broad SMARTS) is 1. The number of hydrogen-bond donors (Lipinski definition) is 1. The molecule has 1 amide bonds. The molecule has 0 fully saturated rings. The van der Waals surface area contributed by atoms with E-state index in [0.717, 1.165) is 25.9 Å². The lowest BCUT2D eigenvalue weighted by Crippen LogP contribution is -2.35. The Morgan fingerprint density at radius 2 is 1.33 bits per heavy atom. The first kappa shape index (κ1) is 19.8. The highest BCUT2D eigenvalue weighted by Gasteiger charge is 2.11. The number of rotatable bonds is 14. The molecule has 0 aromatic heterocycles. The van der Waals surface area contributed by atoms with Gasteiger partial charge in [-0.05, 0) is 12.8 Å². The van der Waals surface area contributed by atoms with Crippen LogP contribution in [0.25, 0.3) is 0 Å². The smallest absolute Gasteiger partial charge is 0.329 e. The molecule has 7 nitrogen and oxygen atoms in total. The summed E-state index contributed by atoms with van der Waals surface area (Å²) < 4.78 is 15.2. The molecule has 0 aromatic rings. The molecule has 0 saturated carbocycles. The lowest BCUT2D eigenvalue weighted by atomic mass is 10.3. The fraction of sp³-hybridized carbons (Fsp3) is 0.857. The lowest BCUT2D eigenvalue weighted by molar-refractivity contribution is -0.142. The van der Waals surface area contributed by atoms with Gasteiger partial charge in [0, 0.05) is 13.1 Å². The number of hydrogen-bond acceptors (Lipinski definition) is 5. The molecule has 0 aromatic carbocycles. The predicted molar refractivity (Wildman–Crippen MR) is 77.3 cm³/mol. The molecule has 0 aliphatic rings. The van der Waals surface area contributed by atoms with Crippen molar-refractivity contribution in [1.29, 1.82) is 0 Å². The summed E-state index contributed by atoms with van der Waals surface area (Å²) in [5.41, 5.74) is 0. The maximum Gasteiger partial charge on any atom is 0.329 e. The molecule has 7 heteroatoms. The van der Waals surface area contributed by atoms with Crippen LogP contribution in [0.2, 0.25) is 0 Å². The van der Waals surface area contributed by atoms with Gasteiger partial charge in [0.15, 0.2) is 0 Å². The van der Waals surface area contributed by atoms with Crippen molar-refractivity contribution in [2.45, 2.75) is 26.7 Å². The Balaban J connectivity index is 3.48. The lowest BCUT2D eigenvalue weighted by Gasteiger charge is -2.21.